The van der Waals surface area contributed by atoms with Crippen LogP contribution in [0.15, 0.2) is 90.1 Å². The molecule has 1 amide bonds. The molecule has 3 aromatic rings. The molecule has 0 radical (unpaired) electrons. The van der Waals surface area contributed by atoms with Gasteiger partial charge in [-0.2, -0.15) is 0 Å². The van der Waals surface area contributed by atoms with Crippen LogP contribution in [-0.2, 0) is 4.79 Å². The largest absolute Gasteiger partial charge is 0.497 e. The van der Waals surface area contributed by atoms with Crippen molar-refractivity contribution >= 4 is 23.1 Å². The van der Waals surface area contributed by atoms with Crippen LogP contribution in [0, 0.1) is 5.41 Å². The second-order valence-electron chi connectivity index (χ2n) is 9.69. The van der Waals surface area contributed by atoms with E-state index in [9.17, 15) is 9.59 Å². The van der Waals surface area contributed by atoms with Gasteiger partial charge in [-0.25, -0.2) is 0 Å². The summed E-state index contributed by atoms with van der Waals surface area (Å²) in [5.41, 5.74) is 4.38. The van der Waals surface area contributed by atoms with E-state index in [1.165, 1.54) is 0 Å². The Bertz CT molecular complexity index is 1280. The summed E-state index contributed by atoms with van der Waals surface area (Å²) >= 11 is 0. The fourth-order valence-corrected chi connectivity index (χ4v) is 5.03. The molecule has 0 saturated carbocycles. The smallest absolute Gasteiger partial charge is 0.259 e. The second kappa shape index (κ2) is 8.49. The maximum Gasteiger partial charge on any atom is 0.259 e. The van der Waals surface area contributed by atoms with Crippen LogP contribution >= 0.6 is 0 Å². The Balaban J connectivity index is 1.78. The molecule has 34 heavy (non-hydrogen) atoms. The van der Waals surface area contributed by atoms with Gasteiger partial charge in [-0.05, 0) is 53.8 Å². The molecule has 172 valence electrons. The van der Waals surface area contributed by atoms with Crippen LogP contribution in [0.2, 0.25) is 0 Å². The minimum Gasteiger partial charge on any atom is -0.497 e. The number of nitrogens with zero attached hydrogens (tertiary/aromatic N) is 1. The zero-order valence-electron chi connectivity index (χ0n) is 19.7. The highest BCUT2D eigenvalue weighted by molar-refractivity contribution is 6.12. The summed E-state index contributed by atoms with van der Waals surface area (Å²) in [5, 5.41) is 3.55. The number of benzene rings is 3. The third-order valence-electron chi connectivity index (χ3n) is 6.57. The van der Waals surface area contributed by atoms with Gasteiger partial charge in [-0.3, -0.25) is 14.5 Å². The molecular formula is C29H28N2O3. The fraction of sp³-hybridized carbons (Fsp3) is 0.241. The molecule has 1 aliphatic carbocycles. The minimum atomic E-state index is -0.562. The molecule has 2 aliphatic rings. The quantitative estimate of drug-likeness (QED) is 0.518. The molecule has 3 aromatic carbocycles. The average molecular weight is 453 g/mol. The van der Waals surface area contributed by atoms with Crippen LogP contribution < -0.4 is 15.0 Å². The highest BCUT2D eigenvalue weighted by atomic mass is 16.5. The van der Waals surface area contributed by atoms with Crippen LogP contribution in [0.5, 0.6) is 5.75 Å². The van der Waals surface area contributed by atoms with E-state index in [0.717, 1.165) is 34.8 Å². The predicted octanol–water partition coefficient (Wildman–Crippen LogP) is 6.15. The number of ketones is 1. The maximum atomic E-state index is 14.1. The lowest BCUT2D eigenvalue weighted by molar-refractivity contribution is -0.118. The molecular weight excluding hydrogens is 424 g/mol. The fourth-order valence-electron chi connectivity index (χ4n) is 5.03. The van der Waals surface area contributed by atoms with Gasteiger partial charge >= 0.3 is 0 Å². The van der Waals surface area contributed by atoms with Gasteiger partial charge < -0.3 is 10.1 Å². The number of anilines is 2. The van der Waals surface area contributed by atoms with E-state index in [2.05, 4.69) is 19.2 Å². The van der Waals surface area contributed by atoms with Crippen LogP contribution in [0.4, 0.5) is 11.4 Å². The summed E-state index contributed by atoms with van der Waals surface area (Å²) in [6.45, 7) is 4.23. The Hall–Kier alpha value is -3.86. The zero-order chi connectivity index (χ0) is 23.9. The first-order valence-corrected chi connectivity index (χ1v) is 11.5. The monoisotopic (exact) mass is 452 g/mol. The lowest BCUT2D eigenvalue weighted by Crippen LogP contribution is -2.39. The number of methoxy groups -OCH3 is 1. The number of hydrogen-bond donors (Lipinski definition) is 1. The Morgan fingerprint density at radius 1 is 0.941 bits per heavy atom. The molecule has 1 N–H and O–H groups in total. The number of nitrogens with one attached hydrogen (secondary N) is 1. The molecule has 5 rings (SSSR count). The number of rotatable bonds is 3. The SMILES string of the molecule is COc1ccc(C2C3=C(CC(C)(C)CC3=O)Nc3ccccc3N2C(=O)c2ccccc2)cc1. The van der Waals surface area contributed by atoms with E-state index < -0.39 is 6.04 Å². The molecule has 5 nitrogen and oxygen atoms in total. The summed E-state index contributed by atoms with van der Waals surface area (Å²) in [5.74, 6) is 0.641. The van der Waals surface area contributed by atoms with Crippen LogP contribution in [-0.4, -0.2) is 18.8 Å². The van der Waals surface area contributed by atoms with E-state index in [4.69, 9.17) is 4.74 Å². The number of amides is 1. The number of para-hydroxylation sites is 2. The number of carbonyl (C=O) groups is 2. The van der Waals surface area contributed by atoms with Crippen molar-refractivity contribution in [2.45, 2.75) is 32.7 Å². The van der Waals surface area contributed by atoms with E-state index in [1.807, 2.05) is 78.9 Å². The van der Waals surface area contributed by atoms with Crippen molar-refractivity contribution in [1.29, 1.82) is 0 Å². The molecule has 1 atom stereocenters. The summed E-state index contributed by atoms with van der Waals surface area (Å²) in [6, 6.07) is 24.1. The number of fused-ring (bicyclic) bond motifs is 1. The topological polar surface area (TPSA) is 58.6 Å². The Morgan fingerprint density at radius 2 is 1.62 bits per heavy atom. The predicted molar refractivity (Wildman–Crippen MR) is 134 cm³/mol. The molecule has 0 bridgehead atoms. The van der Waals surface area contributed by atoms with Crippen LogP contribution in [0.3, 0.4) is 0 Å². The van der Waals surface area contributed by atoms with Crippen molar-refractivity contribution in [3.8, 4) is 5.75 Å². The summed E-state index contributed by atoms with van der Waals surface area (Å²) in [4.78, 5) is 29.5. The molecule has 0 saturated heterocycles. The maximum absolute atomic E-state index is 14.1. The van der Waals surface area contributed by atoms with E-state index in [-0.39, 0.29) is 17.1 Å². The first-order valence-electron chi connectivity index (χ1n) is 11.5. The standard InChI is InChI=1S/C29H28N2O3/c1-29(2)17-23-26(25(32)18-29)27(19-13-15-21(34-3)16-14-19)31(24-12-8-7-11-22(24)30-23)28(33)20-9-5-4-6-10-20/h4-16,27,30H,17-18H2,1-3H3. The minimum absolute atomic E-state index is 0.0678. The summed E-state index contributed by atoms with van der Waals surface area (Å²) < 4.78 is 5.36. The number of Topliss-reactive ketones (excluding diaryl/α,β-unsaturated/α-hetero) is 1. The van der Waals surface area contributed by atoms with Crippen molar-refractivity contribution in [1.82, 2.24) is 0 Å². The first kappa shape index (κ1) is 22.0. The van der Waals surface area contributed by atoms with Crippen molar-refractivity contribution in [3.63, 3.8) is 0 Å². The van der Waals surface area contributed by atoms with Gasteiger partial charge in [-0.15, -0.1) is 0 Å². The number of hydrogen-bond acceptors (Lipinski definition) is 4. The van der Waals surface area contributed by atoms with Crippen LogP contribution in [0.1, 0.15) is 48.7 Å². The number of carbonyl (C=O) groups excluding carboxylic acids is 2. The van der Waals surface area contributed by atoms with Gasteiger partial charge in [0.25, 0.3) is 5.91 Å². The van der Waals surface area contributed by atoms with Gasteiger partial charge in [0, 0.05) is 23.3 Å². The van der Waals surface area contributed by atoms with Crippen molar-refractivity contribution in [2.75, 3.05) is 17.3 Å². The number of ether oxygens (including phenoxy) is 1. The Kier molecular flexibility index (Phi) is 5.48. The van der Waals surface area contributed by atoms with Crippen molar-refractivity contribution in [2.24, 2.45) is 5.41 Å². The van der Waals surface area contributed by atoms with Gasteiger partial charge in [0.15, 0.2) is 5.78 Å². The van der Waals surface area contributed by atoms with Crippen molar-refractivity contribution < 1.29 is 14.3 Å². The molecule has 0 fully saturated rings. The second-order valence-corrected chi connectivity index (χ2v) is 9.69. The van der Waals surface area contributed by atoms with E-state index in [0.29, 0.717) is 17.6 Å². The van der Waals surface area contributed by atoms with Crippen LogP contribution in [0.25, 0.3) is 0 Å². The van der Waals surface area contributed by atoms with Gasteiger partial charge in [0.1, 0.15) is 5.75 Å². The summed E-state index contributed by atoms with van der Waals surface area (Å²) in [7, 11) is 1.62. The molecule has 0 aromatic heterocycles. The molecule has 1 unspecified atom stereocenters. The third kappa shape index (κ3) is 3.87. The highest BCUT2D eigenvalue weighted by Crippen LogP contribution is 2.48. The lowest BCUT2D eigenvalue weighted by atomic mass is 9.73. The van der Waals surface area contributed by atoms with Gasteiger partial charge in [0.2, 0.25) is 0 Å². The lowest BCUT2D eigenvalue weighted by Gasteiger charge is -2.37. The third-order valence-corrected chi connectivity index (χ3v) is 6.57. The first-order chi connectivity index (χ1) is 16.4. The van der Waals surface area contributed by atoms with Crippen molar-refractivity contribution in [3.05, 3.63) is 101 Å². The number of allylic oxidation sites excluding steroid dienone is 1. The average Bonchev–Trinajstić information content (AvgIpc) is 2.97. The molecule has 5 heteroatoms. The summed E-state index contributed by atoms with van der Waals surface area (Å²) in [6.07, 6.45) is 1.16. The molecule has 0 spiro atoms. The Labute approximate surface area is 200 Å². The Morgan fingerprint density at radius 3 is 2.32 bits per heavy atom. The zero-order valence-corrected chi connectivity index (χ0v) is 19.7. The van der Waals surface area contributed by atoms with Gasteiger partial charge in [-0.1, -0.05) is 56.3 Å². The normalized spacial score (nSPS) is 19.0. The molecule has 1 aliphatic heterocycles. The van der Waals surface area contributed by atoms with E-state index >= 15 is 0 Å². The highest BCUT2D eigenvalue weighted by Gasteiger charge is 2.43. The van der Waals surface area contributed by atoms with Gasteiger partial charge in [0.05, 0.1) is 24.5 Å². The molecule has 1 heterocycles. The van der Waals surface area contributed by atoms with E-state index in [1.54, 1.807) is 12.0 Å².